The van der Waals surface area contributed by atoms with Gasteiger partial charge in [0.2, 0.25) is 0 Å². The van der Waals surface area contributed by atoms with Gasteiger partial charge in [0, 0.05) is 0 Å². The summed E-state index contributed by atoms with van der Waals surface area (Å²) < 4.78 is 21.5. The first-order valence-electron chi connectivity index (χ1n) is 10.2. The molecule has 0 radical (unpaired) electrons. The summed E-state index contributed by atoms with van der Waals surface area (Å²) in [6.45, 7) is -1.07. The zero-order valence-corrected chi connectivity index (χ0v) is 17.1. The van der Waals surface area contributed by atoms with Gasteiger partial charge in [-0.05, 0) is 11.1 Å². The Balaban J connectivity index is 1.50. The Morgan fingerprint density at radius 1 is 0.562 bits per heavy atom. The Labute approximate surface area is 183 Å². The number of hydrogen-bond acceptors (Lipinski definition) is 12. The van der Waals surface area contributed by atoms with Gasteiger partial charge in [0.15, 0.2) is 12.6 Å². The standard InChI is InChI=1S/C20H30O12/c21-5-11-13(23)15(25)17(27)19(31-11)29-7-9-1-2-10(4-3-9)8-30-20-18(28)16(26)14(24)12(6-22)32-20/h1-4,11-28H,5-8H2/t11-,12-,13-,14-,15+,16+,17+,18+,19-,20-/m1/s1. The van der Waals surface area contributed by atoms with Crippen molar-refractivity contribution in [1.82, 2.24) is 0 Å². The second-order valence-electron chi connectivity index (χ2n) is 7.83. The van der Waals surface area contributed by atoms with Gasteiger partial charge in [-0.15, -0.1) is 0 Å². The maximum absolute atomic E-state index is 9.99. The van der Waals surface area contributed by atoms with E-state index in [0.717, 1.165) is 0 Å². The summed E-state index contributed by atoms with van der Waals surface area (Å²) in [5, 5.41) is 77.5. The number of aliphatic hydroxyl groups excluding tert-OH is 8. The van der Waals surface area contributed by atoms with Crippen LogP contribution in [0.1, 0.15) is 11.1 Å². The molecule has 0 aliphatic carbocycles. The zero-order chi connectivity index (χ0) is 23.4. The number of benzene rings is 1. The Morgan fingerprint density at radius 3 is 1.22 bits per heavy atom. The molecule has 8 N–H and O–H groups in total. The van der Waals surface area contributed by atoms with Gasteiger partial charge >= 0.3 is 0 Å². The third-order valence-corrected chi connectivity index (χ3v) is 5.55. The lowest BCUT2D eigenvalue weighted by atomic mass is 9.99. The molecule has 2 aliphatic heterocycles. The first-order valence-corrected chi connectivity index (χ1v) is 10.2. The molecular formula is C20H30O12. The molecule has 3 rings (SSSR count). The van der Waals surface area contributed by atoms with Crippen molar-refractivity contribution < 1.29 is 59.8 Å². The molecule has 2 saturated heterocycles. The van der Waals surface area contributed by atoms with E-state index in [4.69, 9.17) is 18.9 Å². The van der Waals surface area contributed by atoms with Gasteiger partial charge in [-0.2, -0.15) is 0 Å². The molecule has 2 fully saturated rings. The fourth-order valence-electron chi connectivity index (χ4n) is 3.50. The van der Waals surface area contributed by atoms with E-state index in [9.17, 15) is 40.9 Å². The van der Waals surface area contributed by atoms with Crippen molar-refractivity contribution in [3.8, 4) is 0 Å². The molecule has 32 heavy (non-hydrogen) atoms. The molecule has 2 aliphatic rings. The summed E-state index contributed by atoms with van der Waals surface area (Å²) >= 11 is 0. The van der Waals surface area contributed by atoms with E-state index in [0.29, 0.717) is 11.1 Å². The fourth-order valence-corrected chi connectivity index (χ4v) is 3.50. The highest BCUT2D eigenvalue weighted by Crippen LogP contribution is 2.24. The van der Waals surface area contributed by atoms with Crippen LogP contribution in [-0.2, 0) is 32.2 Å². The number of aliphatic hydroxyl groups is 8. The predicted molar refractivity (Wildman–Crippen MR) is 104 cm³/mol. The van der Waals surface area contributed by atoms with Crippen LogP contribution in [0.15, 0.2) is 24.3 Å². The molecule has 12 nitrogen and oxygen atoms in total. The molecule has 0 saturated carbocycles. The third kappa shape index (κ3) is 5.62. The van der Waals surface area contributed by atoms with Crippen molar-refractivity contribution in [3.05, 3.63) is 35.4 Å². The molecule has 12 heteroatoms. The Hall–Kier alpha value is -1.26. The molecular weight excluding hydrogens is 432 g/mol. The van der Waals surface area contributed by atoms with E-state index in [1.807, 2.05) is 0 Å². The van der Waals surface area contributed by atoms with Crippen LogP contribution in [0.2, 0.25) is 0 Å². The summed E-state index contributed by atoms with van der Waals surface area (Å²) in [6, 6.07) is 6.82. The monoisotopic (exact) mass is 462 g/mol. The predicted octanol–water partition coefficient (Wildman–Crippen LogP) is -3.68. The van der Waals surface area contributed by atoms with Crippen LogP contribution < -0.4 is 0 Å². The van der Waals surface area contributed by atoms with Crippen LogP contribution in [0.3, 0.4) is 0 Å². The van der Waals surface area contributed by atoms with Gasteiger partial charge in [0.05, 0.1) is 26.4 Å². The molecule has 2 heterocycles. The molecule has 0 aromatic heterocycles. The fraction of sp³-hybridized carbons (Fsp3) is 0.700. The lowest BCUT2D eigenvalue weighted by Crippen LogP contribution is -2.59. The lowest BCUT2D eigenvalue weighted by molar-refractivity contribution is -0.304. The molecule has 10 atom stereocenters. The normalized spacial score (nSPS) is 40.4. The van der Waals surface area contributed by atoms with Gasteiger partial charge in [0.25, 0.3) is 0 Å². The van der Waals surface area contributed by atoms with E-state index >= 15 is 0 Å². The van der Waals surface area contributed by atoms with E-state index in [1.165, 1.54) is 0 Å². The summed E-state index contributed by atoms with van der Waals surface area (Å²) in [7, 11) is 0. The van der Waals surface area contributed by atoms with E-state index < -0.39 is 74.6 Å². The highest BCUT2D eigenvalue weighted by Gasteiger charge is 2.45. The molecule has 0 amide bonds. The van der Waals surface area contributed by atoms with Gasteiger partial charge < -0.3 is 59.8 Å². The maximum Gasteiger partial charge on any atom is 0.187 e. The smallest absolute Gasteiger partial charge is 0.187 e. The topological polar surface area (TPSA) is 199 Å². The van der Waals surface area contributed by atoms with Crippen molar-refractivity contribution in [2.75, 3.05) is 13.2 Å². The van der Waals surface area contributed by atoms with Crippen LogP contribution in [0.5, 0.6) is 0 Å². The first-order chi connectivity index (χ1) is 15.3. The van der Waals surface area contributed by atoms with Crippen LogP contribution in [-0.4, -0.2) is 115 Å². The van der Waals surface area contributed by atoms with Crippen molar-refractivity contribution in [1.29, 1.82) is 0 Å². The Kier molecular flexibility index (Phi) is 8.91. The molecule has 0 unspecified atom stereocenters. The minimum absolute atomic E-state index is 0.0105. The molecule has 0 bridgehead atoms. The SMILES string of the molecule is OC[C@H]1O[C@@H](OCc2ccc(CO[C@@H]3O[C@H](CO)[C@@H](O)[C@H](O)[C@@H]3O)cc2)[C@@H](O)[C@@H](O)[C@@H]1O. The number of ether oxygens (including phenoxy) is 4. The number of rotatable bonds is 8. The minimum Gasteiger partial charge on any atom is -0.394 e. The van der Waals surface area contributed by atoms with Crippen LogP contribution in [0.25, 0.3) is 0 Å². The molecule has 0 spiro atoms. The summed E-state index contributed by atoms with van der Waals surface area (Å²) in [4.78, 5) is 0. The average Bonchev–Trinajstić information content (AvgIpc) is 2.81. The van der Waals surface area contributed by atoms with Gasteiger partial charge in [0.1, 0.15) is 48.8 Å². The van der Waals surface area contributed by atoms with Crippen molar-refractivity contribution in [3.63, 3.8) is 0 Å². The molecule has 182 valence electrons. The second-order valence-corrected chi connectivity index (χ2v) is 7.83. The summed E-state index contributed by atoms with van der Waals surface area (Å²) in [5.41, 5.74) is 1.39. The van der Waals surface area contributed by atoms with Crippen LogP contribution in [0, 0.1) is 0 Å². The molecule has 1 aromatic carbocycles. The Bertz CT molecular complexity index is 639. The van der Waals surface area contributed by atoms with Crippen LogP contribution >= 0.6 is 0 Å². The molecule has 1 aromatic rings. The van der Waals surface area contributed by atoms with E-state index in [2.05, 4.69) is 0 Å². The Morgan fingerprint density at radius 2 is 0.906 bits per heavy atom. The number of hydrogen-bond donors (Lipinski definition) is 8. The zero-order valence-electron chi connectivity index (χ0n) is 17.1. The maximum atomic E-state index is 9.99. The van der Waals surface area contributed by atoms with Gasteiger partial charge in [-0.25, -0.2) is 0 Å². The largest absolute Gasteiger partial charge is 0.394 e. The first kappa shape index (κ1) is 25.4. The van der Waals surface area contributed by atoms with Gasteiger partial charge in [-0.1, -0.05) is 24.3 Å². The van der Waals surface area contributed by atoms with Crippen molar-refractivity contribution in [2.24, 2.45) is 0 Å². The van der Waals surface area contributed by atoms with E-state index in [1.54, 1.807) is 24.3 Å². The summed E-state index contributed by atoms with van der Waals surface area (Å²) in [6.07, 6.45) is -13.5. The second kappa shape index (κ2) is 11.2. The highest BCUT2D eigenvalue weighted by molar-refractivity contribution is 5.21. The van der Waals surface area contributed by atoms with Gasteiger partial charge in [-0.3, -0.25) is 0 Å². The van der Waals surface area contributed by atoms with Crippen molar-refractivity contribution in [2.45, 2.75) is 74.6 Å². The highest BCUT2D eigenvalue weighted by atomic mass is 16.7. The average molecular weight is 462 g/mol. The minimum atomic E-state index is -1.52. The van der Waals surface area contributed by atoms with E-state index in [-0.39, 0.29) is 13.2 Å². The quantitative estimate of drug-likeness (QED) is 0.188. The summed E-state index contributed by atoms with van der Waals surface area (Å²) in [5.74, 6) is 0. The lowest BCUT2D eigenvalue weighted by Gasteiger charge is -2.39. The van der Waals surface area contributed by atoms with Crippen molar-refractivity contribution >= 4 is 0 Å². The third-order valence-electron chi connectivity index (χ3n) is 5.55. The van der Waals surface area contributed by atoms with Crippen LogP contribution in [0.4, 0.5) is 0 Å².